The number of rotatable bonds is 3. The van der Waals surface area contributed by atoms with Crippen LogP contribution in [0.1, 0.15) is 11.1 Å². The molecule has 0 fully saturated rings. The van der Waals surface area contributed by atoms with Gasteiger partial charge >= 0.3 is 0 Å². The van der Waals surface area contributed by atoms with Crippen LogP contribution < -0.4 is 10.6 Å². The standard InChI is InChI=1S/C15H17FN2/c1-11-9-14(7-8-15(11)16)18(2)13-5-3-12(10-17)4-6-13/h3-9H,10,17H2,1-2H3. The summed E-state index contributed by atoms with van der Waals surface area (Å²) in [4.78, 5) is 2.02. The van der Waals surface area contributed by atoms with E-state index in [1.54, 1.807) is 13.0 Å². The quantitative estimate of drug-likeness (QED) is 0.897. The molecular weight excluding hydrogens is 227 g/mol. The molecule has 0 amide bonds. The summed E-state index contributed by atoms with van der Waals surface area (Å²) in [5.74, 6) is -0.175. The molecule has 0 unspecified atom stereocenters. The molecule has 94 valence electrons. The Kier molecular flexibility index (Phi) is 3.63. The lowest BCUT2D eigenvalue weighted by Crippen LogP contribution is -2.10. The molecule has 2 N–H and O–H groups in total. The van der Waals surface area contributed by atoms with Crippen LogP contribution in [0.25, 0.3) is 0 Å². The largest absolute Gasteiger partial charge is 0.345 e. The van der Waals surface area contributed by atoms with Crippen molar-refractivity contribution in [3.63, 3.8) is 0 Å². The average molecular weight is 244 g/mol. The van der Waals surface area contributed by atoms with Crippen molar-refractivity contribution in [3.8, 4) is 0 Å². The first-order valence-electron chi connectivity index (χ1n) is 5.90. The average Bonchev–Trinajstić information content (AvgIpc) is 2.41. The van der Waals surface area contributed by atoms with Gasteiger partial charge in [0.1, 0.15) is 5.82 Å². The fraction of sp³-hybridized carbons (Fsp3) is 0.200. The number of halogens is 1. The second kappa shape index (κ2) is 5.19. The number of anilines is 2. The van der Waals surface area contributed by atoms with E-state index in [0.29, 0.717) is 12.1 Å². The first-order chi connectivity index (χ1) is 8.61. The highest BCUT2D eigenvalue weighted by Crippen LogP contribution is 2.25. The summed E-state index contributed by atoms with van der Waals surface area (Å²) in [6.45, 7) is 2.31. The maximum absolute atomic E-state index is 13.2. The molecular formula is C15H17FN2. The Labute approximate surface area is 107 Å². The first-order valence-corrected chi connectivity index (χ1v) is 5.90. The van der Waals surface area contributed by atoms with Gasteiger partial charge in [0.15, 0.2) is 0 Å². The minimum atomic E-state index is -0.175. The van der Waals surface area contributed by atoms with E-state index < -0.39 is 0 Å². The zero-order valence-electron chi connectivity index (χ0n) is 10.7. The van der Waals surface area contributed by atoms with Gasteiger partial charge in [0.05, 0.1) is 0 Å². The Morgan fingerprint density at radius 2 is 1.67 bits per heavy atom. The second-order valence-corrected chi connectivity index (χ2v) is 4.36. The van der Waals surface area contributed by atoms with E-state index in [4.69, 9.17) is 5.73 Å². The van der Waals surface area contributed by atoms with Crippen LogP contribution in [0.3, 0.4) is 0 Å². The van der Waals surface area contributed by atoms with Gasteiger partial charge in [-0.15, -0.1) is 0 Å². The van der Waals surface area contributed by atoms with E-state index in [9.17, 15) is 4.39 Å². The third-order valence-corrected chi connectivity index (χ3v) is 3.09. The lowest BCUT2D eigenvalue weighted by Gasteiger charge is -2.20. The topological polar surface area (TPSA) is 29.3 Å². The van der Waals surface area contributed by atoms with Gasteiger partial charge in [-0.2, -0.15) is 0 Å². The Morgan fingerprint density at radius 1 is 1.06 bits per heavy atom. The number of benzene rings is 2. The molecule has 0 aliphatic carbocycles. The van der Waals surface area contributed by atoms with Crippen molar-refractivity contribution < 1.29 is 4.39 Å². The molecule has 0 aromatic heterocycles. The molecule has 2 nitrogen and oxygen atoms in total. The van der Waals surface area contributed by atoms with Crippen molar-refractivity contribution in [2.45, 2.75) is 13.5 Å². The highest BCUT2D eigenvalue weighted by molar-refractivity contribution is 5.63. The first kappa shape index (κ1) is 12.6. The lowest BCUT2D eigenvalue weighted by atomic mass is 10.1. The predicted octanol–water partition coefficient (Wildman–Crippen LogP) is 3.36. The van der Waals surface area contributed by atoms with E-state index in [2.05, 4.69) is 0 Å². The van der Waals surface area contributed by atoms with Gasteiger partial charge in [-0.25, -0.2) is 4.39 Å². The number of nitrogens with two attached hydrogens (primary N) is 1. The van der Waals surface area contributed by atoms with Crippen LogP contribution in [-0.4, -0.2) is 7.05 Å². The number of hydrogen-bond acceptors (Lipinski definition) is 2. The van der Waals surface area contributed by atoms with Crippen molar-refractivity contribution in [3.05, 3.63) is 59.4 Å². The molecule has 0 saturated heterocycles. The minimum Gasteiger partial charge on any atom is -0.345 e. The van der Waals surface area contributed by atoms with Gasteiger partial charge in [-0.1, -0.05) is 12.1 Å². The highest BCUT2D eigenvalue weighted by Gasteiger charge is 2.06. The molecule has 3 heteroatoms. The molecule has 0 spiro atoms. The van der Waals surface area contributed by atoms with Crippen molar-refractivity contribution >= 4 is 11.4 Å². The summed E-state index contributed by atoms with van der Waals surface area (Å²) in [7, 11) is 1.96. The van der Waals surface area contributed by atoms with Gasteiger partial charge in [0.25, 0.3) is 0 Å². The SMILES string of the molecule is Cc1cc(N(C)c2ccc(CN)cc2)ccc1F. The zero-order chi connectivity index (χ0) is 13.1. The van der Waals surface area contributed by atoms with Crippen LogP contribution in [0.5, 0.6) is 0 Å². The van der Waals surface area contributed by atoms with Gasteiger partial charge in [-0.05, 0) is 48.4 Å². The minimum absolute atomic E-state index is 0.175. The Morgan fingerprint density at radius 3 is 2.22 bits per heavy atom. The molecule has 2 aromatic carbocycles. The summed E-state index contributed by atoms with van der Waals surface area (Å²) in [6.07, 6.45) is 0. The van der Waals surface area contributed by atoms with Crippen molar-refractivity contribution in [2.75, 3.05) is 11.9 Å². The smallest absolute Gasteiger partial charge is 0.126 e. The van der Waals surface area contributed by atoms with E-state index >= 15 is 0 Å². The van der Waals surface area contributed by atoms with E-state index in [1.165, 1.54) is 6.07 Å². The number of aryl methyl sites for hydroxylation is 1. The fourth-order valence-corrected chi connectivity index (χ4v) is 1.84. The predicted molar refractivity (Wildman–Crippen MR) is 73.5 cm³/mol. The third-order valence-electron chi connectivity index (χ3n) is 3.09. The van der Waals surface area contributed by atoms with E-state index in [-0.39, 0.29) is 5.82 Å². The second-order valence-electron chi connectivity index (χ2n) is 4.36. The van der Waals surface area contributed by atoms with Crippen LogP contribution >= 0.6 is 0 Å². The van der Waals surface area contributed by atoms with Crippen molar-refractivity contribution in [1.29, 1.82) is 0 Å². The molecule has 0 aliphatic heterocycles. The molecule has 18 heavy (non-hydrogen) atoms. The lowest BCUT2D eigenvalue weighted by molar-refractivity contribution is 0.618. The van der Waals surface area contributed by atoms with E-state index in [1.807, 2.05) is 42.3 Å². The maximum Gasteiger partial charge on any atom is 0.126 e. The van der Waals surface area contributed by atoms with Gasteiger partial charge in [-0.3, -0.25) is 0 Å². The van der Waals surface area contributed by atoms with Crippen LogP contribution in [0.4, 0.5) is 15.8 Å². The molecule has 0 atom stereocenters. The summed E-state index contributed by atoms with van der Waals surface area (Å²) in [5, 5.41) is 0. The van der Waals surface area contributed by atoms with Gasteiger partial charge < -0.3 is 10.6 Å². The Balaban J connectivity index is 2.28. The normalized spacial score (nSPS) is 10.4. The summed E-state index contributed by atoms with van der Waals surface area (Å²) in [6, 6.07) is 13.1. The van der Waals surface area contributed by atoms with Crippen molar-refractivity contribution in [1.82, 2.24) is 0 Å². The monoisotopic (exact) mass is 244 g/mol. The van der Waals surface area contributed by atoms with Gasteiger partial charge in [0.2, 0.25) is 0 Å². The molecule has 0 heterocycles. The molecule has 0 radical (unpaired) electrons. The van der Waals surface area contributed by atoms with Crippen LogP contribution in [-0.2, 0) is 6.54 Å². The molecule has 0 aliphatic rings. The highest BCUT2D eigenvalue weighted by atomic mass is 19.1. The third kappa shape index (κ3) is 2.51. The summed E-state index contributed by atoms with van der Waals surface area (Å²) >= 11 is 0. The zero-order valence-corrected chi connectivity index (χ0v) is 10.7. The van der Waals surface area contributed by atoms with Crippen LogP contribution in [0.15, 0.2) is 42.5 Å². The summed E-state index contributed by atoms with van der Waals surface area (Å²) < 4.78 is 13.2. The van der Waals surface area contributed by atoms with Crippen LogP contribution in [0, 0.1) is 12.7 Å². The Bertz CT molecular complexity index is 535. The van der Waals surface area contributed by atoms with Gasteiger partial charge in [0, 0.05) is 25.0 Å². The molecule has 2 rings (SSSR count). The molecule has 2 aromatic rings. The van der Waals surface area contributed by atoms with Crippen LogP contribution in [0.2, 0.25) is 0 Å². The fourth-order valence-electron chi connectivity index (χ4n) is 1.84. The molecule has 0 bridgehead atoms. The van der Waals surface area contributed by atoms with E-state index in [0.717, 1.165) is 16.9 Å². The number of hydrogen-bond donors (Lipinski definition) is 1. The maximum atomic E-state index is 13.2. The number of nitrogens with zero attached hydrogens (tertiary/aromatic N) is 1. The molecule has 0 saturated carbocycles. The summed E-state index contributed by atoms with van der Waals surface area (Å²) in [5.41, 5.74) is 9.34. The van der Waals surface area contributed by atoms with Crippen molar-refractivity contribution in [2.24, 2.45) is 5.73 Å². The Hall–Kier alpha value is -1.87.